The Morgan fingerprint density at radius 3 is 2.44 bits per heavy atom. The van der Waals surface area contributed by atoms with Gasteiger partial charge in [0.25, 0.3) is 11.5 Å². The minimum Gasteiger partial charge on any atom is -0.476 e. The van der Waals surface area contributed by atoms with E-state index in [0.717, 1.165) is 24.3 Å². The molecule has 0 unspecified atom stereocenters. The van der Waals surface area contributed by atoms with Crippen LogP contribution in [0.25, 0.3) is 5.65 Å². The molecule has 0 amide bonds. The van der Waals surface area contributed by atoms with Crippen LogP contribution in [0.2, 0.25) is 0 Å². The molecule has 0 radical (unpaired) electrons. The van der Waals surface area contributed by atoms with Crippen LogP contribution in [0.15, 0.2) is 35.3 Å². The lowest BCUT2D eigenvalue weighted by Gasteiger charge is -2.32. The smallest absolute Gasteiger partial charge is 0.417 e. The molecule has 8 nitrogen and oxygen atoms in total. The van der Waals surface area contributed by atoms with E-state index >= 15 is 0 Å². The second-order valence-electron chi connectivity index (χ2n) is 8.37. The quantitative estimate of drug-likeness (QED) is 0.385. The molecule has 2 N–H and O–H groups in total. The molecule has 3 aromatic rings. The van der Waals surface area contributed by atoms with Gasteiger partial charge in [-0.2, -0.15) is 17.6 Å². The number of rotatable bonds is 5. The Balaban J connectivity index is 1.83. The van der Waals surface area contributed by atoms with Gasteiger partial charge in [-0.15, -0.1) is 0 Å². The highest BCUT2D eigenvalue weighted by molar-refractivity contribution is 5.92. The predicted molar refractivity (Wildman–Crippen MR) is 116 cm³/mol. The van der Waals surface area contributed by atoms with Gasteiger partial charge in [-0.05, 0) is 25.1 Å². The Bertz CT molecular complexity index is 1380. The van der Waals surface area contributed by atoms with Gasteiger partial charge in [-0.25, -0.2) is 23.5 Å². The maximum Gasteiger partial charge on any atom is 0.417 e. The normalized spacial score (nSPS) is 16.7. The lowest BCUT2D eigenvalue weighted by Crippen LogP contribution is -2.40. The summed E-state index contributed by atoms with van der Waals surface area (Å²) in [7, 11) is 0. The van der Waals surface area contributed by atoms with E-state index in [0.29, 0.717) is 10.6 Å². The number of nitrogens with zero attached hydrogens (tertiary/aromatic N) is 4. The first-order chi connectivity index (χ1) is 16.7. The first kappa shape index (κ1) is 25.3. The highest BCUT2D eigenvalue weighted by Gasteiger charge is 2.36. The zero-order valence-corrected chi connectivity index (χ0v) is 18.6. The Morgan fingerprint density at radius 2 is 1.83 bits per heavy atom. The number of carboxylic acids is 1. The molecule has 0 aliphatic carbocycles. The van der Waals surface area contributed by atoms with Crippen LogP contribution in [-0.2, 0) is 6.18 Å². The molecule has 1 saturated heterocycles. The second-order valence-corrected chi connectivity index (χ2v) is 8.37. The maximum atomic E-state index is 13.6. The van der Waals surface area contributed by atoms with Gasteiger partial charge in [-0.3, -0.25) is 9.20 Å². The van der Waals surface area contributed by atoms with E-state index in [-0.39, 0.29) is 35.8 Å². The number of carboxylic acid groups (broad SMARTS) is 1. The molecule has 36 heavy (non-hydrogen) atoms. The fourth-order valence-corrected chi connectivity index (χ4v) is 3.94. The summed E-state index contributed by atoms with van der Waals surface area (Å²) in [5, 5.41) is 12.0. The van der Waals surface area contributed by atoms with Crippen molar-refractivity contribution in [2.45, 2.75) is 37.9 Å². The van der Waals surface area contributed by atoms with Gasteiger partial charge >= 0.3 is 12.1 Å². The molecule has 4 rings (SSSR count). The number of aromatic nitrogens is 3. The Morgan fingerprint density at radius 1 is 1.17 bits per heavy atom. The summed E-state index contributed by atoms with van der Waals surface area (Å²) in [5.74, 6) is -5.48. The average Bonchev–Trinajstić information content (AvgIpc) is 2.78. The van der Waals surface area contributed by atoms with Crippen LogP contribution >= 0.6 is 0 Å². The van der Waals surface area contributed by atoms with E-state index < -0.39 is 59.7 Å². The van der Waals surface area contributed by atoms with Gasteiger partial charge in [0.05, 0.1) is 17.3 Å². The topological polar surface area (TPSA) is 99.8 Å². The highest BCUT2D eigenvalue weighted by atomic mass is 19.4. The van der Waals surface area contributed by atoms with Gasteiger partial charge in [0, 0.05) is 43.8 Å². The molecule has 3 aromatic heterocycles. The number of aromatic carboxylic acids is 1. The number of fused-ring (bicyclic) bond motifs is 1. The zero-order chi connectivity index (χ0) is 26.4. The van der Waals surface area contributed by atoms with Gasteiger partial charge in [-0.1, -0.05) is 0 Å². The number of hydrogen-bond donors (Lipinski definition) is 2. The molecular formula is C22H19F6N5O3. The third-order valence-electron chi connectivity index (χ3n) is 5.82. The van der Waals surface area contributed by atoms with Crippen LogP contribution in [0.5, 0.6) is 0 Å². The SMILES string of the molecule is C[C@@H](Nc1ccc(F)nc1C(=O)O)c1cc(C(F)(F)F)cn2c(=O)cc(N3CCC(F)(F)CC3)nc12. The van der Waals surface area contributed by atoms with Crippen LogP contribution in [0.3, 0.4) is 0 Å². The van der Waals surface area contributed by atoms with E-state index in [1.807, 2.05) is 0 Å². The average molecular weight is 515 g/mol. The highest BCUT2D eigenvalue weighted by Crippen LogP contribution is 2.34. The fourth-order valence-electron chi connectivity index (χ4n) is 3.94. The molecule has 192 valence electrons. The summed E-state index contributed by atoms with van der Waals surface area (Å²) in [5.41, 5.74) is -3.21. The van der Waals surface area contributed by atoms with E-state index in [2.05, 4.69) is 15.3 Å². The molecular weight excluding hydrogens is 496 g/mol. The standard InChI is InChI=1S/C22H19F6N5O3/c1-11(29-14-2-3-15(23)30-18(14)20(35)36)13-8-12(22(26,27)28)10-33-17(34)9-16(31-19(13)33)32-6-4-21(24,25)5-7-32/h2-3,8-11,29H,4-7H2,1H3,(H,35,36)/t11-/m1/s1. The van der Waals surface area contributed by atoms with Crippen molar-refractivity contribution in [1.82, 2.24) is 14.4 Å². The minimum absolute atomic E-state index is 0.0263. The summed E-state index contributed by atoms with van der Waals surface area (Å²) in [6.45, 7) is 1.18. The minimum atomic E-state index is -4.83. The van der Waals surface area contributed by atoms with Crippen molar-refractivity contribution in [3.63, 3.8) is 0 Å². The van der Waals surface area contributed by atoms with E-state index in [1.54, 1.807) is 0 Å². The maximum absolute atomic E-state index is 13.6. The molecule has 4 heterocycles. The third kappa shape index (κ3) is 5.06. The third-order valence-corrected chi connectivity index (χ3v) is 5.82. The molecule has 14 heteroatoms. The first-order valence-electron chi connectivity index (χ1n) is 10.7. The van der Waals surface area contributed by atoms with Crippen molar-refractivity contribution in [3.8, 4) is 0 Å². The summed E-state index contributed by atoms with van der Waals surface area (Å²) in [6.07, 6.45) is -5.19. The van der Waals surface area contributed by atoms with E-state index in [4.69, 9.17) is 0 Å². The zero-order valence-electron chi connectivity index (χ0n) is 18.6. The number of carbonyl (C=O) groups is 1. The van der Waals surface area contributed by atoms with Crippen molar-refractivity contribution in [2.75, 3.05) is 23.3 Å². The van der Waals surface area contributed by atoms with Gasteiger partial charge in [0.15, 0.2) is 5.69 Å². The van der Waals surface area contributed by atoms with E-state index in [9.17, 15) is 41.0 Å². The van der Waals surface area contributed by atoms with Crippen LogP contribution < -0.4 is 15.8 Å². The predicted octanol–water partition coefficient (Wildman–Crippen LogP) is 4.35. The summed E-state index contributed by atoms with van der Waals surface area (Å²) in [4.78, 5) is 33.3. The summed E-state index contributed by atoms with van der Waals surface area (Å²) >= 11 is 0. The lowest BCUT2D eigenvalue weighted by atomic mass is 10.1. The fraction of sp³-hybridized carbons (Fsp3) is 0.364. The molecule has 1 aliphatic heterocycles. The number of anilines is 2. The van der Waals surface area contributed by atoms with Crippen LogP contribution in [0.4, 0.5) is 37.8 Å². The van der Waals surface area contributed by atoms with Crippen molar-refractivity contribution in [1.29, 1.82) is 0 Å². The van der Waals surface area contributed by atoms with Crippen molar-refractivity contribution >= 4 is 23.1 Å². The van der Waals surface area contributed by atoms with Crippen molar-refractivity contribution < 1.29 is 36.2 Å². The second kappa shape index (κ2) is 8.99. The van der Waals surface area contributed by atoms with Crippen molar-refractivity contribution in [3.05, 3.63) is 63.6 Å². The van der Waals surface area contributed by atoms with Crippen LogP contribution in [0.1, 0.15) is 47.4 Å². The monoisotopic (exact) mass is 515 g/mol. The lowest BCUT2D eigenvalue weighted by molar-refractivity contribution is -0.137. The molecule has 0 bridgehead atoms. The molecule has 1 aliphatic rings. The number of piperidine rings is 1. The molecule has 1 fully saturated rings. The first-order valence-corrected chi connectivity index (χ1v) is 10.7. The van der Waals surface area contributed by atoms with Gasteiger partial charge in [0.2, 0.25) is 5.95 Å². The largest absolute Gasteiger partial charge is 0.476 e. The Labute approximate surface area is 199 Å². The van der Waals surface area contributed by atoms with Gasteiger partial charge < -0.3 is 15.3 Å². The number of pyridine rings is 2. The van der Waals surface area contributed by atoms with Crippen LogP contribution in [0, 0.1) is 5.95 Å². The molecule has 0 saturated carbocycles. The number of hydrogen-bond acceptors (Lipinski definition) is 6. The van der Waals surface area contributed by atoms with Crippen molar-refractivity contribution in [2.24, 2.45) is 0 Å². The number of alkyl halides is 5. The number of nitrogens with one attached hydrogen (secondary N) is 1. The number of halogens is 6. The molecule has 0 aromatic carbocycles. The van der Waals surface area contributed by atoms with Gasteiger partial charge in [0.1, 0.15) is 11.5 Å². The van der Waals surface area contributed by atoms with E-state index in [1.165, 1.54) is 11.8 Å². The summed E-state index contributed by atoms with van der Waals surface area (Å²) in [6, 6.07) is 2.60. The Hall–Kier alpha value is -3.84. The summed E-state index contributed by atoms with van der Waals surface area (Å²) < 4.78 is 82.1. The molecule has 1 atom stereocenters. The Kier molecular flexibility index (Phi) is 6.31. The van der Waals surface area contributed by atoms with Crippen LogP contribution in [-0.4, -0.2) is 44.5 Å². The molecule has 0 spiro atoms.